The van der Waals surface area contributed by atoms with Crippen LogP contribution in [0, 0.1) is 0 Å². The predicted octanol–water partition coefficient (Wildman–Crippen LogP) is 4.29. The van der Waals surface area contributed by atoms with Gasteiger partial charge in [-0.3, -0.25) is 9.59 Å². The normalized spacial score (nSPS) is 10.5. The number of thiophene rings is 1. The standard InChI is InChI=1S/C19H24N2O2S/c1-4-6-13-21(5-2)18(22)15-10-7-8-11-16(15)20(3)19(23)17-12-9-14-24-17/h7-12,14H,4-6,13H2,1-3H3. The van der Waals surface area contributed by atoms with Crippen molar-refractivity contribution in [3.05, 3.63) is 52.2 Å². The molecule has 1 aromatic heterocycles. The summed E-state index contributed by atoms with van der Waals surface area (Å²) in [7, 11) is 1.72. The Bertz CT molecular complexity index is 682. The first-order valence-corrected chi connectivity index (χ1v) is 9.18. The average molecular weight is 344 g/mol. The highest BCUT2D eigenvalue weighted by Gasteiger charge is 2.22. The van der Waals surface area contributed by atoms with Gasteiger partial charge in [0.25, 0.3) is 11.8 Å². The number of amides is 2. The van der Waals surface area contributed by atoms with Gasteiger partial charge < -0.3 is 9.80 Å². The molecule has 0 aliphatic rings. The number of hydrogen-bond acceptors (Lipinski definition) is 3. The molecule has 0 N–H and O–H groups in total. The zero-order chi connectivity index (χ0) is 17.5. The fourth-order valence-electron chi connectivity index (χ4n) is 2.54. The van der Waals surface area contributed by atoms with Crippen LogP contribution in [-0.4, -0.2) is 36.9 Å². The molecule has 0 fully saturated rings. The van der Waals surface area contributed by atoms with Gasteiger partial charge in [0.15, 0.2) is 0 Å². The number of anilines is 1. The van der Waals surface area contributed by atoms with Crippen molar-refractivity contribution in [2.75, 3.05) is 25.0 Å². The van der Waals surface area contributed by atoms with Crippen molar-refractivity contribution in [3.8, 4) is 0 Å². The summed E-state index contributed by atoms with van der Waals surface area (Å²) < 4.78 is 0. The van der Waals surface area contributed by atoms with E-state index < -0.39 is 0 Å². The second kappa shape index (κ2) is 8.64. The van der Waals surface area contributed by atoms with Crippen LogP contribution in [0.25, 0.3) is 0 Å². The zero-order valence-corrected chi connectivity index (χ0v) is 15.3. The van der Waals surface area contributed by atoms with Gasteiger partial charge in [-0.15, -0.1) is 11.3 Å². The summed E-state index contributed by atoms with van der Waals surface area (Å²) in [4.78, 5) is 29.6. The van der Waals surface area contributed by atoms with Gasteiger partial charge in [-0.1, -0.05) is 31.5 Å². The van der Waals surface area contributed by atoms with Gasteiger partial charge in [-0.2, -0.15) is 0 Å². The van der Waals surface area contributed by atoms with Gasteiger partial charge in [-0.25, -0.2) is 0 Å². The van der Waals surface area contributed by atoms with Crippen LogP contribution >= 0.6 is 11.3 Å². The summed E-state index contributed by atoms with van der Waals surface area (Å²) >= 11 is 1.40. The lowest BCUT2D eigenvalue weighted by atomic mass is 10.1. The molecule has 24 heavy (non-hydrogen) atoms. The number of carbonyl (C=O) groups excluding carboxylic acids is 2. The topological polar surface area (TPSA) is 40.6 Å². The van der Waals surface area contributed by atoms with Crippen molar-refractivity contribution in [3.63, 3.8) is 0 Å². The highest BCUT2D eigenvalue weighted by molar-refractivity contribution is 7.12. The molecule has 1 heterocycles. The maximum absolute atomic E-state index is 12.9. The van der Waals surface area contributed by atoms with Crippen LogP contribution in [-0.2, 0) is 0 Å². The van der Waals surface area contributed by atoms with Crippen molar-refractivity contribution < 1.29 is 9.59 Å². The molecule has 0 saturated carbocycles. The molecule has 0 atom stereocenters. The minimum atomic E-state index is -0.0955. The van der Waals surface area contributed by atoms with Gasteiger partial charge in [0.1, 0.15) is 0 Å². The highest BCUT2D eigenvalue weighted by Crippen LogP contribution is 2.24. The Hall–Kier alpha value is -2.14. The maximum atomic E-state index is 12.9. The number of hydrogen-bond donors (Lipinski definition) is 0. The Kier molecular flexibility index (Phi) is 6.55. The van der Waals surface area contributed by atoms with Gasteiger partial charge in [-0.05, 0) is 36.9 Å². The van der Waals surface area contributed by atoms with Gasteiger partial charge in [0.2, 0.25) is 0 Å². The molecule has 0 bridgehead atoms. The molecule has 2 rings (SSSR count). The number of para-hydroxylation sites is 1. The first kappa shape index (κ1) is 18.2. The zero-order valence-electron chi connectivity index (χ0n) is 14.5. The molecule has 2 amide bonds. The third kappa shape index (κ3) is 4.03. The van der Waals surface area contributed by atoms with Crippen LogP contribution in [0.1, 0.15) is 46.7 Å². The van der Waals surface area contributed by atoms with Crippen molar-refractivity contribution in [2.45, 2.75) is 26.7 Å². The highest BCUT2D eigenvalue weighted by atomic mass is 32.1. The van der Waals surface area contributed by atoms with Crippen LogP contribution in [0.5, 0.6) is 0 Å². The van der Waals surface area contributed by atoms with Gasteiger partial charge in [0, 0.05) is 20.1 Å². The molecule has 0 aliphatic heterocycles. The molecular formula is C19H24N2O2S. The SMILES string of the molecule is CCCCN(CC)C(=O)c1ccccc1N(C)C(=O)c1cccs1. The van der Waals surface area contributed by atoms with E-state index in [2.05, 4.69) is 6.92 Å². The third-order valence-electron chi connectivity index (χ3n) is 3.98. The van der Waals surface area contributed by atoms with Crippen molar-refractivity contribution in [2.24, 2.45) is 0 Å². The van der Waals surface area contributed by atoms with E-state index in [1.165, 1.54) is 11.3 Å². The van der Waals surface area contributed by atoms with Crippen LogP contribution in [0.4, 0.5) is 5.69 Å². The summed E-state index contributed by atoms with van der Waals surface area (Å²) in [6.45, 7) is 5.49. The Balaban J connectivity index is 2.29. The number of rotatable bonds is 7. The Morgan fingerprint density at radius 2 is 1.79 bits per heavy atom. The lowest BCUT2D eigenvalue weighted by molar-refractivity contribution is 0.0763. The summed E-state index contributed by atoms with van der Waals surface area (Å²) in [5, 5.41) is 1.88. The van der Waals surface area contributed by atoms with Gasteiger partial charge in [0.05, 0.1) is 16.1 Å². The largest absolute Gasteiger partial charge is 0.339 e. The van der Waals surface area contributed by atoms with Gasteiger partial charge >= 0.3 is 0 Å². The lowest BCUT2D eigenvalue weighted by Crippen LogP contribution is -2.34. The van der Waals surface area contributed by atoms with Crippen LogP contribution < -0.4 is 4.90 Å². The average Bonchev–Trinajstić information content (AvgIpc) is 3.15. The molecule has 128 valence electrons. The fraction of sp³-hybridized carbons (Fsp3) is 0.368. The van der Waals surface area contributed by atoms with Crippen LogP contribution in [0.2, 0.25) is 0 Å². The molecule has 0 aliphatic carbocycles. The minimum Gasteiger partial charge on any atom is -0.339 e. The predicted molar refractivity (Wildman–Crippen MR) is 100.0 cm³/mol. The summed E-state index contributed by atoms with van der Waals surface area (Å²) in [6.07, 6.45) is 2.02. The monoisotopic (exact) mass is 344 g/mol. The molecule has 0 saturated heterocycles. The molecule has 0 spiro atoms. The number of benzene rings is 1. The number of nitrogens with zero attached hydrogens (tertiary/aromatic N) is 2. The minimum absolute atomic E-state index is 0.0209. The van der Waals surface area contributed by atoms with E-state index in [-0.39, 0.29) is 11.8 Å². The first-order chi connectivity index (χ1) is 11.6. The van der Waals surface area contributed by atoms with Crippen molar-refractivity contribution in [1.82, 2.24) is 4.90 Å². The molecule has 2 aromatic rings. The number of carbonyl (C=O) groups is 2. The van der Waals surface area contributed by atoms with E-state index >= 15 is 0 Å². The van der Waals surface area contributed by atoms with E-state index in [0.29, 0.717) is 22.7 Å². The fourth-order valence-corrected chi connectivity index (χ4v) is 3.24. The summed E-state index contributed by atoms with van der Waals surface area (Å²) in [5.74, 6) is -0.116. The molecule has 0 radical (unpaired) electrons. The van der Waals surface area contributed by atoms with E-state index in [1.807, 2.05) is 41.5 Å². The van der Waals surface area contributed by atoms with E-state index in [9.17, 15) is 9.59 Å². The van der Waals surface area contributed by atoms with Crippen molar-refractivity contribution in [1.29, 1.82) is 0 Å². The summed E-state index contributed by atoms with van der Waals surface area (Å²) in [6, 6.07) is 11.0. The molecule has 0 unspecified atom stereocenters. The van der Waals surface area contributed by atoms with Crippen LogP contribution in [0.15, 0.2) is 41.8 Å². The molecule has 5 heteroatoms. The second-order valence-corrected chi connectivity index (χ2v) is 6.54. The second-order valence-electron chi connectivity index (χ2n) is 5.60. The lowest BCUT2D eigenvalue weighted by Gasteiger charge is -2.25. The Morgan fingerprint density at radius 1 is 1.04 bits per heavy atom. The van der Waals surface area contributed by atoms with Crippen molar-refractivity contribution >= 4 is 28.8 Å². The van der Waals surface area contributed by atoms with E-state index in [4.69, 9.17) is 0 Å². The smallest absolute Gasteiger partial charge is 0.268 e. The maximum Gasteiger partial charge on any atom is 0.268 e. The first-order valence-electron chi connectivity index (χ1n) is 8.30. The van der Waals surface area contributed by atoms with Crippen LogP contribution in [0.3, 0.4) is 0 Å². The van der Waals surface area contributed by atoms with E-state index in [1.54, 1.807) is 24.1 Å². The molecule has 1 aromatic carbocycles. The summed E-state index contributed by atoms with van der Waals surface area (Å²) in [5.41, 5.74) is 1.22. The number of unbranched alkanes of at least 4 members (excludes halogenated alkanes) is 1. The third-order valence-corrected chi connectivity index (χ3v) is 4.84. The Labute approximate surface area is 147 Å². The molecule has 4 nitrogen and oxygen atoms in total. The van der Waals surface area contributed by atoms with E-state index in [0.717, 1.165) is 19.4 Å². The quantitative estimate of drug-likeness (QED) is 0.752. The molecular weight excluding hydrogens is 320 g/mol. The Morgan fingerprint density at radius 3 is 2.42 bits per heavy atom.